The average Bonchev–Trinajstić information content (AvgIpc) is 3.07. The minimum atomic E-state index is -0.429. The third kappa shape index (κ3) is 3.11. The van der Waals surface area contributed by atoms with E-state index in [2.05, 4.69) is 0 Å². The van der Waals surface area contributed by atoms with E-state index in [0.717, 1.165) is 24.9 Å². The first kappa shape index (κ1) is 14.5. The van der Waals surface area contributed by atoms with E-state index >= 15 is 0 Å². The lowest BCUT2D eigenvalue weighted by Gasteiger charge is -2.22. The Bertz CT molecular complexity index is 490. The number of carbonyl (C=O) groups excluding carboxylic acids is 1. The normalized spacial score (nSPS) is 29.4. The van der Waals surface area contributed by atoms with Gasteiger partial charge in [-0.2, -0.15) is 0 Å². The molecule has 1 aliphatic carbocycles. The average molecular weight is 289 g/mol. The van der Waals surface area contributed by atoms with Gasteiger partial charge in [0.05, 0.1) is 12.7 Å². The molecule has 3 rings (SSSR count). The molecular formula is C17H23NO3. The third-order valence-corrected chi connectivity index (χ3v) is 4.82. The van der Waals surface area contributed by atoms with Gasteiger partial charge in [0.2, 0.25) is 0 Å². The summed E-state index contributed by atoms with van der Waals surface area (Å²) in [5, 5.41) is 9.92. The molecule has 1 aliphatic heterocycles. The van der Waals surface area contributed by atoms with Crippen LogP contribution in [0.4, 0.5) is 0 Å². The topological polar surface area (TPSA) is 49.8 Å². The number of amides is 1. The van der Waals surface area contributed by atoms with Crippen LogP contribution in [0.25, 0.3) is 0 Å². The molecule has 1 N–H and O–H groups in total. The van der Waals surface area contributed by atoms with Crippen LogP contribution in [0.2, 0.25) is 0 Å². The van der Waals surface area contributed by atoms with Crippen molar-refractivity contribution in [1.82, 2.24) is 4.90 Å². The highest BCUT2D eigenvalue weighted by molar-refractivity contribution is 5.80. The Hall–Kier alpha value is -1.39. The SMILES string of the molecule is CC(OCc1ccccc1)C(=O)N1CC2CCC(O)C2C1. The van der Waals surface area contributed by atoms with E-state index in [1.165, 1.54) is 0 Å². The van der Waals surface area contributed by atoms with Crippen LogP contribution >= 0.6 is 0 Å². The van der Waals surface area contributed by atoms with E-state index in [0.29, 0.717) is 19.1 Å². The molecular weight excluding hydrogens is 266 g/mol. The van der Waals surface area contributed by atoms with Crippen molar-refractivity contribution in [3.05, 3.63) is 35.9 Å². The van der Waals surface area contributed by atoms with E-state index in [1.807, 2.05) is 42.2 Å². The van der Waals surface area contributed by atoms with Crippen LogP contribution in [0.15, 0.2) is 30.3 Å². The molecule has 114 valence electrons. The molecule has 0 bridgehead atoms. The zero-order chi connectivity index (χ0) is 14.8. The predicted molar refractivity (Wildman–Crippen MR) is 79.5 cm³/mol. The smallest absolute Gasteiger partial charge is 0.251 e. The lowest BCUT2D eigenvalue weighted by molar-refractivity contribution is -0.142. The van der Waals surface area contributed by atoms with Crippen LogP contribution in [-0.2, 0) is 16.1 Å². The van der Waals surface area contributed by atoms with Gasteiger partial charge < -0.3 is 14.7 Å². The number of aliphatic hydroxyl groups is 1. The van der Waals surface area contributed by atoms with Gasteiger partial charge in [0.1, 0.15) is 6.10 Å². The fraction of sp³-hybridized carbons (Fsp3) is 0.588. The van der Waals surface area contributed by atoms with Gasteiger partial charge in [0, 0.05) is 19.0 Å². The largest absolute Gasteiger partial charge is 0.393 e. The Morgan fingerprint density at radius 2 is 2.10 bits per heavy atom. The first-order chi connectivity index (χ1) is 10.1. The van der Waals surface area contributed by atoms with E-state index in [1.54, 1.807) is 0 Å². The summed E-state index contributed by atoms with van der Waals surface area (Å²) in [5.41, 5.74) is 1.07. The summed E-state index contributed by atoms with van der Waals surface area (Å²) in [6.45, 7) is 3.73. The van der Waals surface area contributed by atoms with E-state index in [4.69, 9.17) is 4.74 Å². The number of benzene rings is 1. The summed E-state index contributed by atoms with van der Waals surface area (Å²) in [6.07, 6.45) is 1.27. The van der Waals surface area contributed by atoms with E-state index in [-0.39, 0.29) is 17.9 Å². The van der Waals surface area contributed by atoms with Crippen molar-refractivity contribution in [3.8, 4) is 0 Å². The zero-order valence-corrected chi connectivity index (χ0v) is 12.4. The van der Waals surface area contributed by atoms with Crippen LogP contribution in [0.3, 0.4) is 0 Å². The highest BCUT2D eigenvalue weighted by Gasteiger charge is 2.43. The molecule has 4 atom stereocenters. The Balaban J connectivity index is 1.51. The quantitative estimate of drug-likeness (QED) is 0.920. The fourth-order valence-electron chi connectivity index (χ4n) is 3.54. The van der Waals surface area contributed by atoms with E-state index in [9.17, 15) is 9.90 Å². The van der Waals surface area contributed by atoms with Gasteiger partial charge in [0.15, 0.2) is 0 Å². The molecule has 0 aromatic heterocycles. The maximum atomic E-state index is 12.4. The molecule has 1 amide bonds. The van der Waals surface area contributed by atoms with Gasteiger partial charge in [-0.3, -0.25) is 4.79 Å². The molecule has 1 saturated heterocycles. The summed E-state index contributed by atoms with van der Waals surface area (Å²) in [7, 11) is 0. The maximum absolute atomic E-state index is 12.4. The Labute approximate surface area is 125 Å². The Kier molecular flexibility index (Phi) is 4.27. The molecule has 4 unspecified atom stereocenters. The molecule has 21 heavy (non-hydrogen) atoms. The molecule has 0 spiro atoms. The highest BCUT2D eigenvalue weighted by atomic mass is 16.5. The Morgan fingerprint density at radius 1 is 1.33 bits per heavy atom. The van der Waals surface area contributed by atoms with Gasteiger partial charge >= 0.3 is 0 Å². The fourth-order valence-corrected chi connectivity index (χ4v) is 3.54. The standard InChI is InChI=1S/C17H23NO3/c1-12(21-11-13-5-3-2-4-6-13)17(20)18-9-14-7-8-16(19)15(14)10-18/h2-6,12,14-16,19H,7-11H2,1H3. The van der Waals surface area contributed by atoms with Crippen molar-refractivity contribution in [3.63, 3.8) is 0 Å². The van der Waals surface area contributed by atoms with Crippen LogP contribution in [-0.4, -0.2) is 41.2 Å². The first-order valence-corrected chi connectivity index (χ1v) is 7.77. The molecule has 2 fully saturated rings. The van der Waals surface area contributed by atoms with Crippen LogP contribution < -0.4 is 0 Å². The first-order valence-electron chi connectivity index (χ1n) is 7.77. The van der Waals surface area contributed by atoms with Crippen molar-refractivity contribution in [2.75, 3.05) is 13.1 Å². The number of aliphatic hydroxyl groups excluding tert-OH is 1. The number of fused-ring (bicyclic) bond motifs is 1. The molecule has 1 saturated carbocycles. The van der Waals surface area contributed by atoms with Crippen LogP contribution in [0, 0.1) is 11.8 Å². The van der Waals surface area contributed by atoms with Crippen molar-refractivity contribution in [2.45, 2.75) is 38.6 Å². The molecule has 1 aromatic carbocycles. The minimum Gasteiger partial charge on any atom is -0.393 e. The highest BCUT2D eigenvalue weighted by Crippen LogP contribution is 2.38. The molecule has 4 nitrogen and oxygen atoms in total. The van der Waals surface area contributed by atoms with Gasteiger partial charge in [-0.05, 0) is 31.2 Å². The van der Waals surface area contributed by atoms with Crippen molar-refractivity contribution >= 4 is 5.91 Å². The van der Waals surface area contributed by atoms with Gasteiger partial charge in [-0.1, -0.05) is 30.3 Å². The zero-order valence-electron chi connectivity index (χ0n) is 12.4. The van der Waals surface area contributed by atoms with Crippen LogP contribution in [0.1, 0.15) is 25.3 Å². The minimum absolute atomic E-state index is 0.0486. The molecule has 1 aromatic rings. The second-order valence-corrected chi connectivity index (χ2v) is 6.25. The lowest BCUT2D eigenvalue weighted by Crippen LogP contribution is -2.38. The Morgan fingerprint density at radius 3 is 2.81 bits per heavy atom. The van der Waals surface area contributed by atoms with Gasteiger partial charge in [0.25, 0.3) is 5.91 Å². The number of nitrogens with zero attached hydrogens (tertiary/aromatic N) is 1. The molecule has 4 heteroatoms. The van der Waals surface area contributed by atoms with Crippen molar-refractivity contribution in [2.24, 2.45) is 11.8 Å². The van der Waals surface area contributed by atoms with Gasteiger partial charge in [-0.15, -0.1) is 0 Å². The summed E-state index contributed by atoms with van der Waals surface area (Å²) in [4.78, 5) is 14.3. The number of hydrogen-bond donors (Lipinski definition) is 1. The maximum Gasteiger partial charge on any atom is 0.251 e. The molecule has 2 aliphatic rings. The number of rotatable bonds is 4. The number of ether oxygens (including phenoxy) is 1. The van der Waals surface area contributed by atoms with E-state index < -0.39 is 6.10 Å². The summed E-state index contributed by atoms with van der Waals surface area (Å²) >= 11 is 0. The van der Waals surface area contributed by atoms with Gasteiger partial charge in [-0.25, -0.2) is 0 Å². The summed E-state index contributed by atoms with van der Waals surface area (Å²) < 4.78 is 5.70. The number of carbonyl (C=O) groups is 1. The van der Waals surface area contributed by atoms with Crippen molar-refractivity contribution < 1.29 is 14.6 Å². The number of likely N-dealkylation sites (tertiary alicyclic amines) is 1. The summed E-state index contributed by atoms with van der Waals surface area (Å²) in [6, 6.07) is 9.89. The molecule has 0 radical (unpaired) electrons. The molecule has 1 heterocycles. The predicted octanol–water partition coefficient (Wildman–Crippen LogP) is 1.82. The summed E-state index contributed by atoms with van der Waals surface area (Å²) in [5.74, 6) is 0.799. The van der Waals surface area contributed by atoms with Crippen molar-refractivity contribution in [1.29, 1.82) is 0 Å². The third-order valence-electron chi connectivity index (χ3n) is 4.82. The second-order valence-electron chi connectivity index (χ2n) is 6.25. The monoisotopic (exact) mass is 289 g/mol. The number of hydrogen-bond acceptors (Lipinski definition) is 3. The van der Waals surface area contributed by atoms with Crippen LogP contribution in [0.5, 0.6) is 0 Å². The lowest BCUT2D eigenvalue weighted by atomic mass is 10.00. The second kappa shape index (κ2) is 6.16.